The number of nitrogens with one attached hydrogen (secondary N) is 1. The Kier molecular flexibility index (Phi) is 10.6. The molecule has 37 heavy (non-hydrogen) atoms. The topological polar surface area (TPSA) is 84.2 Å². The maximum Gasteiger partial charge on any atom is 0.336 e. The van der Waals surface area contributed by atoms with E-state index in [1.165, 1.54) is 5.56 Å². The van der Waals surface area contributed by atoms with E-state index < -0.39 is 5.97 Å². The number of carbonyl (C=O) groups excluding carboxylic acids is 1. The molecule has 0 saturated carbocycles. The van der Waals surface area contributed by atoms with Gasteiger partial charge in [0.1, 0.15) is 0 Å². The van der Waals surface area contributed by atoms with Gasteiger partial charge in [-0.2, -0.15) is 12.6 Å². The fourth-order valence-electron chi connectivity index (χ4n) is 4.40. The molecule has 3 aromatic rings. The van der Waals surface area contributed by atoms with Gasteiger partial charge >= 0.3 is 5.97 Å². The van der Waals surface area contributed by atoms with Crippen molar-refractivity contribution >= 4 is 36.1 Å². The molecule has 2 aromatic carbocycles. The fourth-order valence-corrected chi connectivity index (χ4v) is 5.02. The van der Waals surface area contributed by atoms with Gasteiger partial charge in [-0.05, 0) is 47.1 Å². The van der Waals surface area contributed by atoms with Crippen LogP contribution in [0.2, 0.25) is 5.02 Å². The monoisotopic (exact) mass is 541 g/mol. The number of hydrogen-bond acceptors (Lipinski definition) is 4. The number of carboxylic acid groups (broad SMARTS) is 1. The number of carbonyl (C=O) groups is 2. The summed E-state index contributed by atoms with van der Waals surface area (Å²) in [5, 5.41) is 13.6. The Morgan fingerprint density at radius 3 is 2.51 bits per heavy atom. The van der Waals surface area contributed by atoms with Crippen molar-refractivity contribution < 1.29 is 14.7 Å². The number of thiol groups is 1. The van der Waals surface area contributed by atoms with Crippen LogP contribution in [0.25, 0.3) is 11.1 Å². The number of unbranched alkanes of at least 4 members (excludes halogenated alkanes) is 1. The molecule has 0 fully saturated rings. The number of imidazole rings is 1. The molecule has 0 bridgehead atoms. The van der Waals surface area contributed by atoms with Gasteiger partial charge in [0.2, 0.25) is 5.91 Å². The summed E-state index contributed by atoms with van der Waals surface area (Å²) >= 11 is 11.2. The van der Waals surface area contributed by atoms with Crippen molar-refractivity contribution in [3.05, 3.63) is 76.3 Å². The molecule has 0 aliphatic heterocycles. The first-order chi connectivity index (χ1) is 17.8. The number of nitrogens with zero attached hydrogens (tertiary/aromatic N) is 2. The lowest BCUT2D eigenvalue weighted by Crippen LogP contribution is -2.31. The van der Waals surface area contributed by atoms with E-state index in [1.54, 1.807) is 29.4 Å². The Hall–Kier alpha value is -2.77. The quantitative estimate of drug-likeness (QED) is 0.207. The lowest BCUT2D eigenvalue weighted by Gasteiger charge is -2.20. The van der Waals surface area contributed by atoms with Gasteiger partial charge in [-0.3, -0.25) is 4.79 Å². The lowest BCUT2D eigenvalue weighted by molar-refractivity contribution is -0.124. The summed E-state index contributed by atoms with van der Waals surface area (Å²) in [7, 11) is 0. The number of aromatic carboxylic acids is 1. The minimum absolute atomic E-state index is 0.0718. The molecule has 2 atom stereocenters. The summed E-state index contributed by atoms with van der Waals surface area (Å²) in [5.74, 6) is -0.427. The molecule has 0 aliphatic carbocycles. The summed E-state index contributed by atoms with van der Waals surface area (Å²) in [5.41, 5.74) is 3.87. The van der Waals surface area contributed by atoms with Gasteiger partial charge in [0.05, 0.1) is 23.5 Å². The minimum Gasteiger partial charge on any atom is -0.478 e. The second-order valence-corrected chi connectivity index (χ2v) is 10.2. The smallest absolute Gasteiger partial charge is 0.336 e. The molecular weight excluding hydrogens is 506 g/mol. The normalized spacial score (nSPS) is 12.8. The largest absolute Gasteiger partial charge is 0.478 e. The first-order valence-corrected chi connectivity index (χ1v) is 13.8. The third-order valence-electron chi connectivity index (χ3n) is 6.90. The average Bonchev–Trinajstić information content (AvgIpc) is 3.42. The van der Waals surface area contributed by atoms with Crippen LogP contribution in [0.3, 0.4) is 0 Å². The van der Waals surface area contributed by atoms with Crippen molar-refractivity contribution in [3.8, 4) is 11.1 Å². The molecule has 3 rings (SSSR count). The van der Waals surface area contributed by atoms with Gasteiger partial charge in [0.15, 0.2) is 0 Å². The summed E-state index contributed by atoms with van der Waals surface area (Å²) in [4.78, 5) is 29.5. The summed E-state index contributed by atoms with van der Waals surface area (Å²) in [6, 6.07) is 9.81. The third kappa shape index (κ3) is 7.17. The highest BCUT2D eigenvalue weighted by molar-refractivity contribution is 7.80. The molecule has 1 amide bonds. The van der Waals surface area contributed by atoms with Crippen molar-refractivity contribution in [2.75, 3.05) is 5.75 Å². The van der Waals surface area contributed by atoms with E-state index >= 15 is 0 Å². The number of carboxylic acids is 1. The highest BCUT2D eigenvalue weighted by atomic mass is 35.5. The zero-order chi connectivity index (χ0) is 26.9. The Labute approximate surface area is 229 Å². The van der Waals surface area contributed by atoms with Gasteiger partial charge in [0, 0.05) is 36.2 Å². The molecule has 0 saturated heterocycles. The fraction of sp³-hybridized carbons (Fsp3) is 0.414. The molecule has 198 valence electrons. The molecule has 0 spiro atoms. The second-order valence-electron chi connectivity index (χ2n) is 9.46. The predicted octanol–water partition coefficient (Wildman–Crippen LogP) is 6.82. The molecule has 0 aliphatic rings. The number of benzene rings is 2. The van der Waals surface area contributed by atoms with Crippen LogP contribution in [0.4, 0.5) is 0 Å². The van der Waals surface area contributed by atoms with Crippen LogP contribution in [-0.4, -0.2) is 32.3 Å². The minimum atomic E-state index is -1.05. The first-order valence-electron chi connectivity index (χ1n) is 12.8. The molecular formula is C29H36ClN3O3S. The number of aromatic nitrogens is 2. The Morgan fingerprint density at radius 2 is 1.95 bits per heavy atom. The van der Waals surface area contributed by atoms with Crippen molar-refractivity contribution in [2.24, 2.45) is 5.92 Å². The Balaban J connectivity index is 2.06. The third-order valence-corrected chi connectivity index (χ3v) is 7.82. The molecule has 2 unspecified atom stereocenters. The summed E-state index contributed by atoms with van der Waals surface area (Å²) in [6.45, 7) is 6.85. The SMILES string of the molecule is CCCCC(CS)C(=O)NCc1cc(-c2ccc(C(C)CC)cc2)c(C(=O)O)c(Cn2ccnc2)c1Cl. The van der Waals surface area contributed by atoms with E-state index in [0.29, 0.717) is 33.4 Å². The number of hydrogen-bond donors (Lipinski definition) is 3. The van der Waals surface area contributed by atoms with Gasteiger partial charge in [-0.15, -0.1) is 0 Å². The zero-order valence-electron chi connectivity index (χ0n) is 21.7. The number of rotatable bonds is 13. The van der Waals surface area contributed by atoms with E-state index in [9.17, 15) is 14.7 Å². The summed E-state index contributed by atoms with van der Waals surface area (Å²) in [6.07, 6.45) is 8.79. The van der Waals surface area contributed by atoms with E-state index in [1.807, 2.05) is 24.3 Å². The maximum atomic E-state index is 12.9. The maximum absolute atomic E-state index is 12.9. The lowest BCUT2D eigenvalue weighted by atomic mass is 9.90. The van der Waals surface area contributed by atoms with Gasteiger partial charge in [0.25, 0.3) is 0 Å². The molecule has 0 radical (unpaired) electrons. The van der Waals surface area contributed by atoms with Crippen LogP contribution in [0.1, 0.15) is 79.4 Å². The highest BCUT2D eigenvalue weighted by Gasteiger charge is 2.24. The van der Waals surface area contributed by atoms with Crippen LogP contribution in [-0.2, 0) is 17.9 Å². The van der Waals surface area contributed by atoms with Gasteiger partial charge in [-0.25, -0.2) is 9.78 Å². The van der Waals surface area contributed by atoms with E-state index in [2.05, 4.69) is 43.7 Å². The van der Waals surface area contributed by atoms with Crippen molar-refractivity contribution in [3.63, 3.8) is 0 Å². The average molecular weight is 542 g/mol. The molecule has 1 heterocycles. The Morgan fingerprint density at radius 1 is 1.22 bits per heavy atom. The van der Waals surface area contributed by atoms with Crippen LogP contribution in [0, 0.1) is 5.92 Å². The van der Waals surface area contributed by atoms with Crippen LogP contribution in [0.5, 0.6) is 0 Å². The van der Waals surface area contributed by atoms with E-state index in [0.717, 1.165) is 31.2 Å². The van der Waals surface area contributed by atoms with E-state index in [4.69, 9.17) is 11.6 Å². The van der Waals surface area contributed by atoms with Crippen molar-refractivity contribution in [1.29, 1.82) is 0 Å². The number of amides is 1. The predicted molar refractivity (Wildman–Crippen MR) is 153 cm³/mol. The van der Waals surface area contributed by atoms with Crippen molar-refractivity contribution in [1.82, 2.24) is 14.9 Å². The first kappa shape index (κ1) is 28.8. The van der Waals surface area contributed by atoms with E-state index in [-0.39, 0.29) is 30.5 Å². The standard InChI is InChI=1S/C29H36ClN3O3S/c1-4-6-7-22(17-37)28(34)32-15-23-14-24(21-10-8-20(9-11-21)19(3)5-2)26(29(35)36)25(27(23)30)16-33-13-12-31-18-33/h8-14,18-19,22,37H,4-7,15-17H2,1-3H3,(H,32,34)(H,35,36). The molecule has 8 heteroatoms. The van der Waals surface area contributed by atoms with Crippen LogP contribution >= 0.6 is 24.2 Å². The Bertz CT molecular complexity index is 1200. The second kappa shape index (κ2) is 13.7. The van der Waals surface area contributed by atoms with Crippen LogP contribution in [0.15, 0.2) is 49.1 Å². The molecule has 6 nitrogen and oxygen atoms in total. The highest BCUT2D eigenvalue weighted by Crippen LogP contribution is 2.36. The van der Waals surface area contributed by atoms with Gasteiger partial charge < -0.3 is 15.0 Å². The number of halogens is 1. The summed E-state index contributed by atoms with van der Waals surface area (Å²) < 4.78 is 1.79. The van der Waals surface area contributed by atoms with Gasteiger partial charge in [-0.1, -0.05) is 69.5 Å². The molecule has 1 aromatic heterocycles. The van der Waals surface area contributed by atoms with Crippen LogP contribution < -0.4 is 5.32 Å². The zero-order valence-corrected chi connectivity index (χ0v) is 23.4. The molecule has 2 N–H and O–H groups in total. The van der Waals surface area contributed by atoms with Crippen molar-refractivity contribution in [2.45, 2.75) is 65.5 Å².